The highest BCUT2D eigenvalue weighted by atomic mass is 16.5. The van der Waals surface area contributed by atoms with Crippen molar-refractivity contribution in [2.24, 2.45) is 0 Å². The quantitative estimate of drug-likeness (QED) is 0.751. The molecule has 0 atom stereocenters. The monoisotopic (exact) mass is 240 g/mol. The van der Waals surface area contributed by atoms with E-state index in [1.165, 1.54) is 5.56 Å². The van der Waals surface area contributed by atoms with E-state index in [1.807, 2.05) is 32.0 Å². The summed E-state index contributed by atoms with van der Waals surface area (Å²) in [5.41, 5.74) is 3.95. The van der Waals surface area contributed by atoms with Gasteiger partial charge in [0, 0.05) is 5.56 Å². The van der Waals surface area contributed by atoms with Crippen LogP contribution in [0.1, 0.15) is 27.0 Å². The molecule has 18 heavy (non-hydrogen) atoms. The van der Waals surface area contributed by atoms with E-state index in [0.29, 0.717) is 5.56 Å². The van der Waals surface area contributed by atoms with E-state index in [4.69, 9.17) is 4.74 Å². The maximum Gasteiger partial charge on any atom is 0.150 e. The highest BCUT2D eigenvalue weighted by Gasteiger charge is 2.06. The fourth-order valence-electron chi connectivity index (χ4n) is 1.75. The minimum atomic E-state index is 0.626. The average Bonchev–Trinajstić information content (AvgIpc) is 2.37. The van der Waals surface area contributed by atoms with Gasteiger partial charge in [-0.2, -0.15) is 0 Å². The molecule has 2 rings (SSSR count). The second kappa shape index (κ2) is 5.05. The van der Waals surface area contributed by atoms with E-state index in [0.717, 1.165) is 28.9 Å². The zero-order chi connectivity index (χ0) is 13.1. The number of aryl methyl sites for hydroxylation is 2. The predicted octanol–water partition coefficient (Wildman–Crippen LogP) is 4.22. The van der Waals surface area contributed by atoms with Gasteiger partial charge in [0.2, 0.25) is 0 Å². The van der Waals surface area contributed by atoms with Crippen LogP contribution in [0.25, 0.3) is 0 Å². The molecule has 0 aliphatic carbocycles. The predicted molar refractivity (Wildman–Crippen MR) is 72.6 cm³/mol. The molecule has 0 fully saturated rings. The van der Waals surface area contributed by atoms with Crippen molar-refractivity contribution < 1.29 is 9.53 Å². The van der Waals surface area contributed by atoms with Crippen molar-refractivity contribution in [3.63, 3.8) is 0 Å². The smallest absolute Gasteiger partial charge is 0.150 e. The van der Waals surface area contributed by atoms with Gasteiger partial charge in [-0.05, 0) is 49.6 Å². The third-order valence-corrected chi connectivity index (χ3v) is 3.12. The minimum absolute atomic E-state index is 0.626. The van der Waals surface area contributed by atoms with Crippen LogP contribution in [0, 0.1) is 20.8 Å². The molecule has 0 radical (unpaired) electrons. The molecule has 0 N–H and O–H groups in total. The lowest BCUT2D eigenvalue weighted by Gasteiger charge is -2.12. The Morgan fingerprint density at radius 3 is 2.44 bits per heavy atom. The van der Waals surface area contributed by atoms with Crippen LogP contribution >= 0.6 is 0 Å². The fourth-order valence-corrected chi connectivity index (χ4v) is 1.75. The standard InChI is InChI=1S/C16H16O2/c1-11-5-4-6-15(13(11)3)18-16-9-14(10-17)8-7-12(16)2/h4-10H,1-3H3. The number of carbonyl (C=O) groups excluding carboxylic acids is 1. The molecule has 0 amide bonds. The van der Waals surface area contributed by atoms with E-state index in [1.54, 1.807) is 12.1 Å². The van der Waals surface area contributed by atoms with Gasteiger partial charge < -0.3 is 4.74 Å². The van der Waals surface area contributed by atoms with Gasteiger partial charge in [-0.15, -0.1) is 0 Å². The summed E-state index contributed by atoms with van der Waals surface area (Å²) in [5.74, 6) is 1.56. The molecule has 0 heterocycles. The van der Waals surface area contributed by atoms with Gasteiger partial charge in [-0.1, -0.05) is 24.3 Å². The Bertz CT molecular complexity index is 586. The van der Waals surface area contributed by atoms with Crippen LogP contribution in [-0.4, -0.2) is 6.29 Å². The first kappa shape index (κ1) is 12.4. The van der Waals surface area contributed by atoms with Crippen LogP contribution in [0.2, 0.25) is 0 Å². The van der Waals surface area contributed by atoms with E-state index in [-0.39, 0.29) is 0 Å². The summed E-state index contributed by atoms with van der Waals surface area (Å²) >= 11 is 0. The van der Waals surface area contributed by atoms with Crippen LogP contribution in [0.15, 0.2) is 36.4 Å². The van der Waals surface area contributed by atoms with Crippen molar-refractivity contribution in [1.29, 1.82) is 0 Å². The fraction of sp³-hybridized carbons (Fsp3) is 0.188. The molecular formula is C16H16O2. The molecule has 0 unspecified atom stereocenters. The summed E-state index contributed by atoms with van der Waals surface area (Å²) < 4.78 is 5.90. The first-order valence-electron chi connectivity index (χ1n) is 5.91. The second-order valence-corrected chi connectivity index (χ2v) is 4.44. The lowest BCUT2D eigenvalue weighted by Crippen LogP contribution is -1.93. The lowest BCUT2D eigenvalue weighted by molar-refractivity contribution is 0.112. The Morgan fingerprint density at radius 2 is 1.72 bits per heavy atom. The molecule has 2 heteroatoms. The number of hydrogen-bond donors (Lipinski definition) is 0. The molecule has 0 aliphatic heterocycles. The molecule has 2 aromatic rings. The minimum Gasteiger partial charge on any atom is -0.457 e. The van der Waals surface area contributed by atoms with Gasteiger partial charge >= 0.3 is 0 Å². The zero-order valence-corrected chi connectivity index (χ0v) is 10.9. The largest absolute Gasteiger partial charge is 0.457 e. The molecule has 0 aromatic heterocycles. The summed E-state index contributed by atoms with van der Waals surface area (Å²) in [6.07, 6.45) is 0.829. The number of carbonyl (C=O) groups is 1. The number of benzene rings is 2. The van der Waals surface area contributed by atoms with Crippen LogP contribution in [0.5, 0.6) is 11.5 Å². The average molecular weight is 240 g/mol. The Morgan fingerprint density at radius 1 is 0.944 bits per heavy atom. The second-order valence-electron chi connectivity index (χ2n) is 4.44. The number of rotatable bonds is 3. The van der Waals surface area contributed by atoms with E-state index >= 15 is 0 Å². The Labute approximate surface area is 107 Å². The highest BCUT2D eigenvalue weighted by molar-refractivity contribution is 5.76. The number of hydrogen-bond acceptors (Lipinski definition) is 2. The van der Waals surface area contributed by atoms with Crippen molar-refractivity contribution in [1.82, 2.24) is 0 Å². The zero-order valence-electron chi connectivity index (χ0n) is 10.9. The normalized spacial score (nSPS) is 10.2. The number of ether oxygens (including phenoxy) is 1. The summed E-state index contributed by atoms with van der Waals surface area (Å²) in [6, 6.07) is 11.4. The highest BCUT2D eigenvalue weighted by Crippen LogP contribution is 2.29. The topological polar surface area (TPSA) is 26.3 Å². The summed E-state index contributed by atoms with van der Waals surface area (Å²) in [6.45, 7) is 6.05. The molecular weight excluding hydrogens is 224 g/mol. The summed E-state index contributed by atoms with van der Waals surface area (Å²) in [5, 5.41) is 0. The van der Waals surface area contributed by atoms with Gasteiger partial charge in [0.05, 0.1) is 0 Å². The lowest BCUT2D eigenvalue weighted by atomic mass is 10.1. The van der Waals surface area contributed by atoms with Gasteiger partial charge in [0.15, 0.2) is 0 Å². The molecule has 0 aliphatic rings. The van der Waals surface area contributed by atoms with Crippen LogP contribution in [0.3, 0.4) is 0 Å². The molecule has 0 saturated carbocycles. The van der Waals surface area contributed by atoms with Crippen molar-refractivity contribution in [3.05, 3.63) is 58.7 Å². The van der Waals surface area contributed by atoms with Crippen molar-refractivity contribution >= 4 is 6.29 Å². The first-order chi connectivity index (χ1) is 8.61. The van der Waals surface area contributed by atoms with E-state index < -0.39 is 0 Å². The molecule has 0 saturated heterocycles. The Hall–Kier alpha value is -2.09. The third-order valence-electron chi connectivity index (χ3n) is 3.12. The van der Waals surface area contributed by atoms with Gasteiger partial charge in [0.25, 0.3) is 0 Å². The summed E-state index contributed by atoms with van der Waals surface area (Å²) in [7, 11) is 0. The van der Waals surface area contributed by atoms with Crippen LogP contribution in [0.4, 0.5) is 0 Å². The Kier molecular flexibility index (Phi) is 3.47. The van der Waals surface area contributed by atoms with Crippen LogP contribution in [-0.2, 0) is 0 Å². The van der Waals surface area contributed by atoms with Crippen LogP contribution < -0.4 is 4.74 Å². The SMILES string of the molecule is Cc1ccc(C=O)cc1Oc1cccc(C)c1C. The summed E-state index contributed by atoms with van der Waals surface area (Å²) in [4.78, 5) is 10.8. The van der Waals surface area contributed by atoms with E-state index in [2.05, 4.69) is 13.0 Å². The number of aldehydes is 1. The maximum atomic E-state index is 10.8. The van der Waals surface area contributed by atoms with Gasteiger partial charge in [0.1, 0.15) is 17.8 Å². The molecule has 2 nitrogen and oxygen atoms in total. The molecule has 0 spiro atoms. The van der Waals surface area contributed by atoms with Crippen molar-refractivity contribution in [2.45, 2.75) is 20.8 Å². The van der Waals surface area contributed by atoms with E-state index in [9.17, 15) is 4.79 Å². The van der Waals surface area contributed by atoms with Crippen molar-refractivity contribution in [3.8, 4) is 11.5 Å². The third kappa shape index (κ3) is 2.43. The molecule has 0 bridgehead atoms. The maximum absolute atomic E-state index is 10.8. The molecule has 2 aromatic carbocycles. The van der Waals surface area contributed by atoms with Gasteiger partial charge in [-0.25, -0.2) is 0 Å². The first-order valence-corrected chi connectivity index (χ1v) is 5.91. The van der Waals surface area contributed by atoms with Gasteiger partial charge in [-0.3, -0.25) is 4.79 Å². The Balaban J connectivity index is 2.39. The van der Waals surface area contributed by atoms with Crippen molar-refractivity contribution in [2.75, 3.05) is 0 Å². The molecule has 92 valence electrons.